The third-order valence-corrected chi connectivity index (χ3v) is 2.37. The van der Waals surface area contributed by atoms with Crippen LogP contribution in [-0.4, -0.2) is 6.61 Å². The van der Waals surface area contributed by atoms with Crippen LogP contribution < -0.4 is 4.74 Å². The molecule has 0 N–H and O–H groups in total. The van der Waals surface area contributed by atoms with E-state index in [4.69, 9.17) is 10.00 Å². The molecule has 2 nitrogen and oxygen atoms in total. The smallest absolute Gasteiger partial charge is 0.137 e. The Morgan fingerprint density at radius 3 is 2.88 bits per heavy atom. The maximum atomic E-state index is 12.8. The van der Waals surface area contributed by atoms with E-state index >= 15 is 0 Å². The molecule has 1 atom stereocenters. The number of ether oxygens (including phenoxy) is 1. The Kier molecular flexibility index (Phi) is 4.78. The van der Waals surface area contributed by atoms with Crippen molar-refractivity contribution in [1.82, 2.24) is 0 Å². The monoisotopic (exact) mass is 221 g/mol. The van der Waals surface area contributed by atoms with Crippen LogP contribution in [0.25, 0.3) is 0 Å². The SMILES string of the molecule is CCCC(C)COc1ccc(F)cc1C#N. The van der Waals surface area contributed by atoms with Gasteiger partial charge in [0.15, 0.2) is 0 Å². The van der Waals surface area contributed by atoms with Gasteiger partial charge in [-0.05, 0) is 30.5 Å². The van der Waals surface area contributed by atoms with Gasteiger partial charge < -0.3 is 4.74 Å². The van der Waals surface area contributed by atoms with Gasteiger partial charge in [0.25, 0.3) is 0 Å². The first kappa shape index (κ1) is 12.5. The highest BCUT2D eigenvalue weighted by Crippen LogP contribution is 2.20. The number of hydrogen-bond donors (Lipinski definition) is 0. The zero-order valence-corrected chi connectivity index (χ0v) is 9.66. The largest absolute Gasteiger partial charge is 0.492 e. The van der Waals surface area contributed by atoms with E-state index in [-0.39, 0.29) is 5.56 Å². The zero-order valence-electron chi connectivity index (χ0n) is 9.66. The third-order valence-electron chi connectivity index (χ3n) is 2.37. The Bertz CT molecular complexity index is 384. The van der Waals surface area contributed by atoms with Gasteiger partial charge in [-0.2, -0.15) is 5.26 Å². The fraction of sp³-hybridized carbons (Fsp3) is 0.462. The van der Waals surface area contributed by atoms with Crippen molar-refractivity contribution in [3.8, 4) is 11.8 Å². The molecule has 0 heterocycles. The van der Waals surface area contributed by atoms with Gasteiger partial charge in [-0.1, -0.05) is 20.3 Å². The van der Waals surface area contributed by atoms with Crippen LogP contribution in [0, 0.1) is 23.1 Å². The lowest BCUT2D eigenvalue weighted by molar-refractivity contribution is 0.250. The van der Waals surface area contributed by atoms with Gasteiger partial charge >= 0.3 is 0 Å². The van der Waals surface area contributed by atoms with Gasteiger partial charge in [-0.15, -0.1) is 0 Å². The summed E-state index contributed by atoms with van der Waals surface area (Å²) in [5, 5.41) is 8.81. The molecule has 0 fully saturated rings. The van der Waals surface area contributed by atoms with E-state index in [1.807, 2.05) is 6.07 Å². The third kappa shape index (κ3) is 3.54. The van der Waals surface area contributed by atoms with Crippen molar-refractivity contribution < 1.29 is 9.13 Å². The van der Waals surface area contributed by atoms with E-state index in [9.17, 15) is 4.39 Å². The molecule has 3 heteroatoms. The molecule has 0 radical (unpaired) electrons. The average Bonchev–Trinajstić information content (AvgIpc) is 2.27. The molecule has 1 aromatic carbocycles. The molecule has 86 valence electrons. The van der Waals surface area contributed by atoms with Crippen molar-refractivity contribution in [2.75, 3.05) is 6.61 Å². The molecular weight excluding hydrogens is 205 g/mol. The lowest BCUT2D eigenvalue weighted by Crippen LogP contribution is -2.09. The highest BCUT2D eigenvalue weighted by molar-refractivity contribution is 5.42. The van der Waals surface area contributed by atoms with Crippen LogP contribution in [0.3, 0.4) is 0 Å². The van der Waals surface area contributed by atoms with Crippen molar-refractivity contribution in [3.05, 3.63) is 29.6 Å². The molecule has 0 saturated carbocycles. The summed E-state index contributed by atoms with van der Waals surface area (Å²) in [4.78, 5) is 0. The summed E-state index contributed by atoms with van der Waals surface area (Å²) in [6, 6.07) is 5.93. The van der Waals surface area contributed by atoms with E-state index in [1.165, 1.54) is 18.2 Å². The van der Waals surface area contributed by atoms with Crippen molar-refractivity contribution in [2.24, 2.45) is 5.92 Å². The molecule has 0 bridgehead atoms. The summed E-state index contributed by atoms with van der Waals surface area (Å²) >= 11 is 0. The standard InChI is InChI=1S/C13H16FNO/c1-3-4-10(2)9-16-13-6-5-12(14)7-11(13)8-15/h5-7,10H,3-4,9H2,1-2H3. The normalized spacial score (nSPS) is 11.9. The van der Waals surface area contributed by atoms with Crippen LogP contribution in [0.1, 0.15) is 32.3 Å². The Morgan fingerprint density at radius 1 is 1.50 bits per heavy atom. The number of benzene rings is 1. The number of nitriles is 1. The molecule has 0 saturated heterocycles. The second kappa shape index (κ2) is 6.12. The van der Waals surface area contributed by atoms with Gasteiger partial charge in [0.2, 0.25) is 0 Å². The van der Waals surface area contributed by atoms with E-state index < -0.39 is 5.82 Å². The molecule has 0 amide bonds. The lowest BCUT2D eigenvalue weighted by Gasteiger charge is -2.12. The first-order valence-electron chi connectivity index (χ1n) is 5.49. The maximum absolute atomic E-state index is 12.8. The minimum Gasteiger partial charge on any atom is -0.492 e. The maximum Gasteiger partial charge on any atom is 0.137 e. The Labute approximate surface area is 95.7 Å². The van der Waals surface area contributed by atoms with Gasteiger partial charge in [0.05, 0.1) is 12.2 Å². The number of halogens is 1. The molecule has 1 aromatic rings. The molecule has 0 aliphatic heterocycles. The predicted octanol–water partition coefficient (Wildman–Crippen LogP) is 3.51. The Morgan fingerprint density at radius 2 is 2.25 bits per heavy atom. The average molecular weight is 221 g/mol. The van der Waals surface area contributed by atoms with Gasteiger partial charge in [-0.25, -0.2) is 4.39 Å². The topological polar surface area (TPSA) is 33.0 Å². The van der Waals surface area contributed by atoms with Gasteiger partial charge in [0, 0.05) is 0 Å². The van der Waals surface area contributed by atoms with Crippen LogP contribution in [0.2, 0.25) is 0 Å². The van der Waals surface area contributed by atoms with Crippen LogP contribution in [0.5, 0.6) is 5.75 Å². The predicted molar refractivity (Wildman–Crippen MR) is 60.7 cm³/mol. The van der Waals surface area contributed by atoms with Crippen LogP contribution in [0.15, 0.2) is 18.2 Å². The first-order valence-corrected chi connectivity index (χ1v) is 5.49. The van der Waals surface area contributed by atoms with E-state index in [0.717, 1.165) is 12.8 Å². The molecule has 0 spiro atoms. The summed E-state index contributed by atoms with van der Waals surface area (Å²) < 4.78 is 18.4. The second-order valence-corrected chi connectivity index (χ2v) is 3.96. The molecule has 0 aromatic heterocycles. The van der Waals surface area contributed by atoms with E-state index in [1.54, 1.807) is 0 Å². The quantitative estimate of drug-likeness (QED) is 0.762. The summed E-state index contributed by atoms with van der Waals surface area (Å²) in [6.07, 6.45) is 2.20. The first-order chi connectivity index (χ1) is 7.67. The van der Waals surface area contributed by atoms with E-state index in [2.05, 4.69) is 13.8 Å². The fourth-order valence-corrected chi connectivity index (χ4v) is 1.52. The second-order valence-electron chi connectivity index (χ2n) is 3.96. The minimum atomic E-state index is -0.412. The molecule has 0 aliphatic carbocycles. The molecule has 16 heavy (non-hydrogen) atoms. The zero-order chi connectivity index (χ0) is 12.0. The molecular formula is C13H16FNO. The van der Waals surface area contributed by atoms with Crippen LogP contribution in [0.4, 0.5) is 4.39 Å². The summed E-state index contributed by atoms with van der Waals surface area (Å²) in [5.41, 5.74) is 0.253. The number of rotatable bonds is 5. The molecule has 0 aliphatic rings. The number of hydrogen-bond acceptors (Lipinski definition) is 2. The number of nitrogens with zero attached hydrogens (tertiary/aromatic N) is 1. The van der Waals surface area contributed by atoms with Crippen molar-refractivity contribution in [2.45, 2.75) is 26.7 Å². The Hall–Kier alpha value is -1.56. The summed E-state index contributed by atoms with van der Waals surface area (Å²) in [5.74, 6) is 0.499. The van der Waals surface area contributed by atoms with Crippen molar-refractivity contribution in [1.29, 1.82) is 5.26 Å². The van der Waals surface area contributed by atoms with Crippen LogP contribution in [-0.2, 0) is 0 Å². The Balaban J connectivity index is 2.64. The van der Waals surface area contributed by atoms with Crippen LogP contribution >= 0.6 is 0 Å². The summed E-state index contributed by atoms with van der Waals surface area (Å²) in [7, 11) is 0. The van der Waals surface area contributed by atoms with Crippen molar-refractivity contribution in [3.63, 3.8) is 0 Å². The van der Waals surface area contributed by atoms with Gasteiger partial charge in [0.1, 0.15) is 17.6 Å². The lowest BCUT2D eigenvalue weighted by atomic mass is 10.1. The minimum absolute atomic E-state index is 0.253. The fourth-order valence-electron chi connectivity index (χ4n) is 1.52. The van der Waals surface area contributed by atoms with Gasteiger partial charge in [-0.3, -0.25) is 0 Å². The highest BCUT2D eigenvalue weighted by Gasteiger charge is 2.07. The summed E-state index contributed by atoms with van der Waals surface area (Å²) in [6.45, 7) is 4.78. The molecule has 1 rings (SSSR count). The van der Waals surface area contributed by atoms with Crippen molar-refractivity contribution >= 4 is 0 Å². The van der Waals surface area contributed by atoms with E-state index in [0.29, 0.717) is 18.3 Å². The highest BCUT2D eigenvalue weighted by atomic mass is 19.1. The molecule has 1 unspecified atom stereocenters.